The molecule has 0 amide bonds. The summed E-state index contributed by atoms with van der Waals surface area (Å²) < 4.78 is 0. The van der Waals surface area contributed by atoms with Gasteiger partial charge in [0.25, 0.3) is 0 Å². The zero-order valence-corrected chi connectivity index (χ0v) is 51.1. The summed E-state index contributed by atoms with van der Waals surface area (Å²) in [6.07, 6.45) is 11.7. The first-order valence-electron chi connectivity index (χ1n) is 31.4. The lowest BCUT2D eigenvalue weighted by molar-refractivity contribution is 1.05. The highest BCUT2D eigenvalue weighted by Crippen LogP contribution is 2.35. The van der Waals surface area contributed by atoms with Crippen LogP contribution in [-0.4, -0.2) is 64.8 Å². The van der Waals surface area contributed by atoms with Gasteiger partial charge in [0.1, 0.15) is 24.0 Å². The first-order chi connectivity index (χ1) is 47.5. The summed E-state index contributed by atoms with van der Waals surface area (Å²) in [4.78, 5) is 60.0. The van der Waals surface area contributed by atoms with E-state index in [1.54, 1.807) is 18.6 Å². The van der Waals surface area contributed by atoms with Gasteiger partial charge in [-0.05, 0) is 130 Å². The molecule has 0 aliphatic heterocycles. The number of aromatic nitrogens is 13. The summed E-state index contributed by atoms with van der Waals surface area (Å²) in [5.74, 6) is 0.557. The molecular formula is C83H49N13. The van der Waals surface area contributed by atoms with Gasteiger partial charge in [-0.25, -0.2) is 44.9 Å². The molecule has 446 valence electrons. The molecule has 0 aliphatic carbocycles. The van der Waals surface area contributed by atoms with E-state index in [1.807, 2.05) is 42.7 Å². The lowest BCUT2D eigenvalue weighted by Gasteiger charge is -2.09. The molecule has 9 aromatic carbocycles. The van der Waals surface area contributed by atoms with E-state index in [9.17, 15) is 0 Å². The van der Waals surface area contributed by atoms with Crippen molar-refractivity contribution in [2.75, 3.05) is 0 Å². The molecule has 0 fully saturated rings. The minimum absolute atomic E-state index is 0.557. The Balaban J connectivity index is 0.000000141. The maximum Gasteiger partial charge on any atom is 0.181 e. The highest BCUT2D eigenvalue weighted by Gasteiger charge is 2.14. The van der Waals surface area contributed by atoms with Crippen LogP contribution in [0, 0.1) is 0 Å². The third kappa shape index (κ3) is 10.5. The molecule has 0 bridgehead atoms. The standard InChI is InChI=1S/C44H26N6.C39H23N7/c1-2-28-4-5-29-12-15-39(50-44(29)43(28)47-19-1)35-10-8-30-22-34(9-7-31(30)23-35)38-17-14-36-24-32(13-16-37(36)48-38)33-6-3-27-11-18-40(49-41(27)25-33)42-26-45-20-21-46-42;1-2-27-8-9-28-12-15-33(46-38(28)37(27)41-19-1)25-5-3-24(4-6-25)32-17-14-31-20-29(13-16-34(31)44-32)30-10-7-26-11-18-35(45-36(26)21-30)39-42-22-40-23-43-39/h1-26H;1-23H. The van der Waals surface area contributed by atoms with E-state index >= 15 is 0 Å². The Kier molecular flexibility index (Phi) is 13.5. The average Bonchev–Trinajstić information content (AvgIpc) is 1.02. The molecule has 0 saturated heterocycles. The Morgan fingerprint density at radius 3 is 1.10 bits per heavy atom. The smallest absolute Gasteiger partial charge is 0.181 e. The molecule has 19 aromatic rings. The van der Waals surface area contributed by atoms with Crippen molar-refractivity contribution in [3.8, 4) is 90.2 Å². The Morgan fingerprint density at radius 1 is 0.188 bits per heavy atom. The molecule has 0 spiro atoms. The second-order valence-electron chi connectivity index (χ2n) is 23.6. The molecule has 0 unspecified atom stereocenters. The zero-order valence-electron chi connectivity index (χ0n) is 51.1. The van der Waals surface area contributed by atoms with Crippen LogP contribution in [0.5, 0.6) is 0 Å². The third-order valence-electron chi connectivity index (χ3n) is 17.7. The van der Waals surface area contributed by atoms with Crippen LogP contribution in [0.3, 0.4) is 0 Å². The van der Waals surface area contributed by atoms with E-state index in [0.717, 1.165) is 182 Å². The van der Waals surface area contributed by atoms with Gasteiger partial charge >= 0.3 is 0 Å². The van der Waals surface area contributed by atoms with Gasteiger partial charge in [0.05, 0.1) is 78.8 Å². The van der Waals surface area contributed by atoms with Gasteiger partial charge < -0.3 is 0 Å². The molecular weight excluding hydrogens is 1180 g/mol. The van der Waals surface area contributed by atoms with Crippen LogP contribution in [-0.2, 0) is 0 Å². The molecule has 96 heavy (non-hydrogen) atoms. The second kappa shape index (κ2) is 23.4. The van der Waals surface area contributed by atoms with Crippen LogP contribution in [0.2, 0.25) is 0 Å². The Morgan fingerprint density at radius 2 is 0.562 bits per heavy atom. The largest absolute Gasteiger partial charge is 0.261 e. The van der Waals surface area contributed by atoms with Gasteiger partial charge in [-0.3, -0.25) is 19.9 Å². The first kappa shape index (κ1) is 55.5. The van der Waals surface area contributed by atoms with Crippen molar-refractivity contribution < 1.29 is 0 Å². The van der Waals surface area contributed by atoms with E-state index in [1.165, 1.54) is 12.7 Å². The molecule has 0 atom stereocenters. The van der Waals surface area contributed by atoms with Crippen molar-refractivity contribution in [3.05, 3.63) is 298 Å². The Bertz CT molecular complexity index is 6290. The normalized spacial score (nSPS) is 11.5. The van der Waals surface area contributed by atoms with Gasteiger partial charge in [0.2, 0.25) is 0 Å². The quantitative estimate of drug-likeness (QED) is 0.132. The summed E-state index contributed by atoms with van der Waals surface area (Å²) in [5.41, 5.74) is 22.1. The summed E-state index contributed by atoms with van der Waals surface area (Å²) in [6.45, 7) is 0. The number of benzene rings is 9. The van der Waals surface area contributed by atoms with E-state index in [4.69, 9.17) is 29.9 Å². The molecule has 13 nitrogen and oxygen atoms in total. The fraction of sp³-hybridized carbons (Fsp3) is 0. The topological polar surface area (TPSA) is 168 Å². The van der Waals surface area contributed by atoms with Crippen LogP contribution in [0.25, 0.3) is 188 Å². The summed E-state index contributed by atoms with van der Waals surface area (Å²) in [7, 11) is 0. The SMILES string of the molecule is c1cnc2c(c1)ccc1ccc(-c3ccc(-c4ccc5cc(-c6ccc7ccc(-c8ncncn8)nc7c6)ccc5n4)cc3)nc12.c1cnc2c(c1)ccc1ccc(-c3ccc4cc(-c5ccc6cc(-c7ccc8ccc(-c9cnccn9)nc8c7)ccc6n5)ccc4c3)nc12. The van der Waals surface area contributed by atoms with E-state index in [-0.39, 0.29) is 0 Å². The molecule has 0 radical (unpaired) electrons. The highest BCUT2D eigenvalue weighted by molar-refractivity contribution is 6.05. The number of pyridine rings is 8. The molecule has 19 rings (SSSR count). The van der Waals surface area contributed by atoms with Crippen molar-refractivity contribution in [1.82, 2.24) is 64.8 Å². The van der Waals surface area contributed by atoms with Crippen molar-refractivity contribution in [3.63, 3.8) is 0 Å². The van der Waals surface area contributed by atoms with E-state index in [2.05, 4.69) is 259 Å². The van der Waals surface area contributed by atoms with Crippen LogP contribution >= 0.6 is 0 Å². The second-order valence-corrected chi connectivity index (χ2v) is 23.6. The molecule has 0 saturated carbocycles. The zero-order chi connectivity index (χ0) is 63.5. The molecule has 0 aliphatic rings. The Hall–Kier alpha value is -13.4. The number of fused-ring (bicyclic) bond motifs is 11. The van der Waals surface area contributed by atoms with Crippen molar-refractivity contribution in [2.45, 2.75) is 0 Å². The molecule has 13 heteroatoms. The summed E-state index contributed by atoms with van der Waals surface area (Å²) in [6, 6.07) is 88.4. The monoisotopic (exact) mass is 1230 g/mol. The minimum Gasteiger partial charge on any atom is -0.261 e. The van der Waals surface area contributed by atoms with Crippen molar-refractivity contribution in [1.29, 1.82) is 0 Å². The van der Waals surface area contributed by atoms with Crippen molar-refractivity contribution >= 4 is 98.0 Å². The van der Waals surface area contributed by atoms with Gasteiger partial charge in [-0.2, -0.15) is 0 Å². The third-order valence-corrected chi connectivity index (χ3v) is 17.7. The number of rotatable bonds is 8. The Labute approximate surface area is 548 Å². The fourth-order valence-corrected chi connectivity index (χ4v) is 12.7. The summed E-state index contributed by atoms with van der Waals surface area (Å²) >= 11 is 0. The molecule has 10 heterocycles. The van der Waals surface area contributed by atoms with Gasteiger partial charge in [0.15, 0.2) is 5.82 Å². The van der Waals surface area contributed by atoms with Gasteiger partial charge in [-0.15, -0.1) is 0 Å². The molecule has 0 N–H and O–H groups in total. The van der Waals surface area contributed by atoms with Crippen LogP contribution in [0.15, 0.2) is 298 Å². The van der Waals surface area contributed by atoms with E-state index < -0.39 is 0 Å². The molecule has 10 aromatic heterocycles. The van der Waals surface area contributed by atoms with Gasteiger partial charge in [-0.1, -0.05) is 158 Å². The van der Waals surface area contributed by atoms with Gasteiger partial charge in [0, 0.05) is 90.1 Å². The minimum atomic E-state index is 0.557. The maximum absolute atomic E-state index is 5.06. The predicted octanol–water partition coefficient (Wildman–Crippen LogP) is 19.2. The lowest BCUT2D eigenvalue weighted by Crippen LogP contribution is -1.92. The maximum atomic E-state index is 5.06. The summed E-state index contributed by atoms with van der Waals surface area (Å²) in [5, 5.41) is 11.0. The van der Waals surface area contributed by atoms with Crippen molar-refractivity contribution in [2.24, 2.45) is 0 Å². The average molecular weight is 1230 g/mol. The highest BCUT2D eigenvalue weighted by atomic mass is 15.0. The number of nitrogens with zero attached hydrogens (tertiary/aromatic N) is 13. The van der Waals surface area contributed by atoms with Crippen LogP contribution in [0.4, 0.5) is 0 Å². The lowest BCUT2D eigenvalue weighted by atomic mass is 9.99. The number of hydrogen-bond donors (Lipinski definition) is 0. The predicted molar refractivity (Wildman–Crippen MR) is 385 cm³/mol. The van der Waals surface area contributed by atoms with Crippen LogP contribution in [0.1, 0.15) is 0 Å². The van der Waals surface area contributed by atoms with Crippen LogP contribution < -0.4 is 0 Å². The fourth-order valence-electron chi connectivity index (χ4n) is 12.7. The first-order valence-corrected chi connectivity index (χ1v) is 31.4. The van der Waals surface area contributed by atoms with E-state index in [0.29, 0.717) is 5.82 Å². The number of hydrogen-bond acceptors (Lipinski definition) is 13.